The zero-order valence-corrected chi connectivity index (χ0v) is 23.7. The topological polar surface area (TPSA) is 200 Å². The number of rotatable bonds is 15. The van der Waals surface area contributed by atoms with Gasteiger partial charge in [0.15, 0.2) is 0 Å². The van der Waals surface area contributed by atoms with Gasteiger partial charge >= 0.3 is 12.1 Å². The van der Waals surface area contributed by atoms with Crippen molar-refractivity contribution in [2.45, 2.75) is 69.9 Å². The molecule has 43 heavy (non-hydrogen) atoms. The van der Waals surface area contributed by atoms with Gasteiger partial charge in [0.2, 0.25) is 23.6 Å². The summed E-state index contributed by atoms with van der Waals surface area (Å²) in [7, 11) is 0. The Morgan fingerprint density at radius 2 is 1.30 bits per heavy atom. The maximum atomic E-state index is 13.3. The van der Waals surface area contributed by atoms with Crippen LogP contribution in [0.15, 0.2) is 60.7 Å². The van der Waals surface area contributed by atoms with Crippen LogP contribution >= 0.6 is 0 Å². The number of hydrogen-bond donors (Lipinski definition) is 4. The molecule has 0 radical (unpaired) electrons. The predicted molar refractivity (Wildman–Crippen MR) is 153 cm³/mol. The molecule has 6 N–H and O–H groups in total. The first-order chi connectivity index (χ1) is 20.6. The summed E-state index contributed by atoms with van der Waals surface area (Å²) in [5, 5.41) is 5.10. The molecule has 13 heteroatoms. The third kappa shape index (κ3) is 10.8. The van der Waals surface area contributed by atoms with Gasteiger partial charge in [-0.15, -0.1) is 0 Å². The molecule has 5 amide bonds. The lowest BCUT2D eigenvalue weighted by atomic mass is 10.1. The van der Waals surface area contributed by atoms with Crippen molar-refractivity contribution in [2.75, 3.05) is 6.54 Å². The lowest BCUT2D eigenvalue weighted by Crippen LogP contribution is -2.55. The Morgan fingerprint density at radius 3 is 1.86 bits per heavy atom. The first kappa shape index (κ1) is 32.6. The highest BCUT2D eigenvalue weighted by Crippen LogP contribution is 2.20. The molecule has 2 aromatic rings. The lowest BCUT2D eigenvalue weighted by molar-refractivity contribution is -0.149. The standard InChI is InChI=1S/C30H37N5O8/c31-25(36)15-13-22(27(38)34-23(14-16-26(32)37)29(40)42-18-20-8-3-1-4-9-20)33-28(39)24-12-7-17-35(24)30(41)43-19-21-10-5-2-6-11-21/h1-6,8-11,22-24H,7,12-19H2,(H2,31,36)(H2,32,37)(H,33,39)(H,34,38)/t22-,23-,24+/m0/s1. The first-order valence-corrected chi connectivity index (χ1v) is 14.0. The number of carbonyl (C=O) groups excluding carboxylic acids is 6. The number of carbonyl (C=O) groups is 6. The van der Waals surface area contributed by atoms with Gasteiger partial charge in [0, 0.05) is 19.4 Å². The summed E-state index contributed by atoms with van der Waals surface area (Å²) in [5.41, 5.74) is 12.0. The third-order valence-electron chi connectivity index (χ3n) is 6.81. The molecule has 0 aliphatic carbocycles. The van der Waals surface area contributed by atoms with Crippen LogP contribution in [0.1, 0.15) is 49.7 Å². The molecule has 3 atom stereocenters. The normalized spacial score (nSPS) is 15.5. The molecule has 13 nitrogen and oxygen atoms in total. The molecule has 0 spiro atoms. The van der Waals surface area contributed by atoms with Gasteiger partial charge in [-0.25, -0.2) is 9.59 Å². The number of amides is 5. The average Bonchev–Trinajstić information content (AvgIpc) is 3.50. The second-order valence-electron chi connectivity index (χ2n) is 10.1. The van der Waals surface area contributed by atoms with Gasteiger partial charge in [-0.05, 0) is 36.8 Å². The summed E-state index contributed by atoms with van der Waals surface area (Å²) in [4.78, 5) is 76.4. The van der Waals surface area contributed by atoms with Crippen molar-refractivity contribution >= 4 is 35.7 Å². The Balaban J connectivity index is 1.66. The van der Waals surface area contributed by atoms with E-state index in [1.54, 1.807) is 42.5 Å². The van der Waals surface area contributed by atoms with Gasteiger partial charge in [-0.3, -0.25) is 24.1 Å². The van der Waals surface area contributed by atoms with Crippen LogP contribution in [0.5, 0.6) is 0 Å². The van der Waals surface area contributed by atoms with E-state index in [0.717, 1.165) is 5.56 Å². The summed E-state index contributed by atoms with van der Waals surface area (Å²) in [5.74, 6) is -3.61. The molecule has 1 aliphatic rings. The van der Waals surface area contributed by atoms with E-state index in [0.29, 0.717) is 18.4 Å². The van der Waals surface area contributed by atoms with Gasteiger partial charge in [0.25, 0.3) is 0 Å². The van der Waals surface area contributed by atoms with E-state index < -0.39 is 53.8 Å². The second kappa shape index (κ2) is 16.5. The maximum absolute atomic E-state index is 13.3. The number of nitrogens with zero attached hydrogens (tertiary/aromatic N) is 1. The number of esters is 1. The van der Waals surface area contributed by atoms with Crippen molar-refractivity contribution in [3.63, 3.8) is 0 Å². The summed E-state index contributed by atoms with van der Waals surface area (Å²) >= 11 is 0. The van der Waals surface area contributed by atoms with Crippen LogP contribution in [-0.4, -0.2) is 65.3 Å². The van der Waals surface area contributed by atoms with Crippen molar-refractivity contribution in [3.8, 4) is 0 Å². The van der Waals surface area contributed by atoms with E-state index in [2.05, 4.69) is 10.6 Å². The Kier molecular flexibility index (Phi) is 12.5. The van der Waals surface area contributed by atoms with Crippen molar-refractivity contribution in [1.29, 1.82) is 0 Å². The predicted octanol–water partition coefficient (Wildman–Crippen LogP) is 1.03. The van der Waals surface area contributed by atoms with E-state index in [-0.39, 0.29) is 45.4 Å². The fraction of sp³-hybridized carbons (Fsp3) is 0.400. The molecule has 1 saturated heterocycles. The largest absolute Gasteiger partial charge is 0.459 e. The molecule has 1 heterocycles. The van der Waals surface area contributed by atoms with Gasteiger partial charge in [0.1, 0.15) is 31.3 Å². The highest BCUT2D eigenvalue weighted by Gasteiger charge is 2.37. The van der Waals surface area contributed by atoms with Gasteiger partial charge in [-0.1, -0.05) is 60.7 Å². The molecule has 3 rings (SSSR count). The zero-order valence-electron chi connectivity index (χ0n) is 23.7. The smallest absolute Gasteiger partial charge is 0.410 e. The van der Waals surface area contributed by atoms with Gasteiger partial charge in [0.05, 0.1) is 0 Å². The van der Waals surface area contributed by atoms with E-state index in [9.17, 15) is 28.8 Å². The zero-order chi connectivity index (χ0) is 31.2. The number of nitrogens with one attached hydrogen (secondary N) is 2. The Hall–Kier alpha value is -4.94. The van der Waals surface area contributed by atoms with Crippen LogP contribution in [0.3, 0.4) is 0 Å². The molecule has 2 aromatic carbocycles. The highest BCUT2D eigenvalue weighted by atomic mass is 16.6. The summed E-state index contributed by atoms with van der Waals surface area (Å²) in [6, 6.07) is 14.5. The summed E-state index contributed by atoms with van der Waals surface area (Å²) in [6.07, 6.45) is -0.563. The first-order valence-electron chi connectivity index (χ1n) is 14.0. The van der Waals surface area contributed by atoms with Crippen LogP contribution in [0.2, 0.25) is 0 Å². The van der Waals surface area contributed by atoms with E-state index in [1.807, 2.05) is 18.2 Å². The van der Waals surface area contributed by atoms with Crippen LogP contribution in [0, 0.1) is 0 Å². The Bertz CT molecular complexity index is 1270. The number of likely N-dealkylation sites (tertiary alicyclic amines) is 1. The third-order valence-corrected chi connectivity index (χ3v) is 6.81. The van der Waals surface area contributed by atoms with Gasteiger partial charge in [-0.2, -0.15) is 0 Å². The van der Waals surface area contributed by atoms with E-state index in [1.165, 1.54) is 4.90 Å². The average molecular weight is 596 g/mol. The van der Waals surface area contributed by atoms with Crippen LogP contribution in [-0.2, 0) is 46.7 Å². The number of hydrogen-bond acceptors (Lipinski definition) is 8. The van der Waals surface area contributed by atoms with Crippen molar-refractivity contribution in [3.05, 3.63) is 71.8 Å². The molecule has 1 fully saturated rings. The maximum Gasteiger partial charge on any atom is 0.410 e. The SMILES string of the molecule is NC(=O)CC[C@H](NC(=O)[C@H]1CCCN1C(=O)OCc1ccccc1)C(=O)N[C@@H](CCC(N)=O)C(=O)OCc1ccccc1. The van der Waals surface area contributed by atoms with Crippen LogP contribution < -0.4 is 22.1 Å². The fourth-order valence-corrected chi connectivity index (χ4v) is 4.52. The van der Waals surface area contributed by atoms with Crippen LogP contribution in [0.25, 0.3) is 0 Å². The van der Waals surface area contributed by atoms with Crippen molar-refractivity contribution < 1.29 is 38.2 Å². The molecule has 0 bridgehead atoms. The number of benzene rings is 2. The van der Waals surface area contributed by atoms with Gasteiger partial charge < -0.3 is 31.6 Å². The number of nitrogens with two attached hydrogens (primary N) is 2. The molecule has 0 unspecified atom stereocenters. The van der Waals surface area contributed by atoms with Crippen LogP contribution in [0.4, 0.5) is 4.79 Å². The van der Waals surface area contributed by atoms with Crippen molar-refractivity contribution in [1.82, 2.24) is 15.5 Å². The number of ether oxygens (including phenoxy) is 2. The molecular formula is C30H37N5O8. The molecule has 1 aliphatic heterocycles. The Labute approximate surface area is 249 Å². The minimum absolute atomic E-state index is 0.0290. The Morgan fingerprint density at radius 1 is 0.767 bits per heavy atom. The lowest BCUT2D eigenvalue weighted by Gasteiger charge is -2.26. The molecule has 230 valence electrons. The summed E-state index contributed by atoms with van der Waals surface area (Å²) in [6.45, 7) is 0.246. The minimum Gasteiger partial charge on any atom is -0.459 e. The summed E-state index contributed by atoms with van der Waals surface area (Å²) < 4.78 is 10.7. The van der Waals surface area contributed by atoms with Crippen molar-refractivity contribution in [2.24, 2.45) is 11.5 Å². The fourth-order valence-electron chi connectivity index (χ4n) is 4.52. The quantitative estimate of drug-likeness (QED) is 0.219. The van der Waals surface area contributed by atoms with E-state index >= 15 is 0 Å². The molecule has 0 aromatic heterocycles. The number of primary amides is 2. The molecular weight excluding hydrogens is 558 g/mol. The van der Waals surface area contributed by atoms with E-state index in [4.69, 9.17) is 20.9 Å². The highest BCUT2D eigenvalue weighted by molar-refractivity contribution is 5.93. The molecule has 0 saturated carbocycles. The second-order valence-corrected chi connectivity index (χ2v) is 10.1. The monoisotopic (exact) mass is 595 g/mol. The minimum atomic E-state index is -1.28.